The number of hydrogen-bond donors (Lipinski definition) is 3. The van der Waals surface area contributed by atoms with Gasteiger partial charge in [0.1, 0.15) is 17.8 Å². The van der Waals surface area contributed by atoms with Crippen LogP contribution in [0, 0.1) is 0 Å². The molecule has 0 aliphatic carbocycles. The molecule has 3 amide bonds. The molecular formula is C28H34N4O7. The van der Waals surface area contributed by atoms with Crippen LogP contribution in [-0.2, 0) is 35.1 Å². The lowest BCUT2D eigenvalue weighted by Gasteiger charge is -2.23. The summed E-state index contributed by atoms with van der Waals surface area (Å²) in [5, 5.41) is 5.44. The molecule has 1 aliphatic heterocycles. The minimum absolute atomic E-state index is 0.0244. The number of pyridine rings is 1. The van der Waals surface area contributed by atoms with Crippen LogP contribution in [0.4, 0.5) is 5.69 Å². The molecule has 3 atom stereocenters. The van der Waals surface area contributed by atoms with Crippen molar-refractivity contribution in [1.82, 2.24) is 9.88 Å². The van der Waals surface area contributed by atoms with Gasteiger partial charge in [0.15, 0.2) is 0 Å². The Morgan fingerprint density at radius 2 is 1.95 bits per heavy atom. The second kappa shape index (κ2) is 14.6. The lowest BCUT2D eigenvalue weighted by atomic mass is 10.0. The molecule has 1 aromatic carbocycles. The van der Waals surface area contributed by atoms with Gasteiger partial charge in [-0.1, -0.05) is 36.4 Å². The van der Waals surface area contributed by atoms with E-state index in [4.69, 9.17) is 15.2 Å². The van der Waals surface area contributed by atoms with Gasteiger partial charge in [-0.3, -0.25) is 19.2 Å². The molecule has 39 heavy (non-hydrogen) atoms. The average Bonchev–Trinajstić information content (AvgIpc) is 3.46. The van der Waals surface area contributed by atoms with Gasteiger partial charge in [-0.05, 0) is 43.9 Å². The maximum Gasteiger partial charge on any atom is 0.330 e. The Morgan fingerprint density at radius 3 is 2.62 bits per heavy atom. The van der Waals surface area contributed by atoms with E-state index >= 15 is 0 Å². The smallest absolute Gasteiger partial charge is 0.330 e. The summed E-state index contributed by atoms with van der Waals surface area (Å²) in [6.07, 6.45) is 5.06. The molecule has 1 saturated heterocycles. The van der Waals surface area contributed by atoms with Crippen molar-refractivity contribution in [1.29, 1.82) is 0 Å². The standard InChI is InChI=1S/C28H34N4O7/c1-2-38-25(34)15-13-20(12-14-24(29)33)30-26(35)22(18-19-8-4-3-5-9-19)32-16-6-10-21(28(32)37)31-27(36)23-11-7-17-39-23/h3-6,8-10,13,15-16,20,22-23H,2,7,11-12,14,17-18H2,1H3,(H2,29,33)(H,30,35)(H,31,36)/b15-13+/t20-,22-,23-/m0/s1. The third-order valence-electron chi connectivity index (χ3n) is 6.15. The van der Waals surface area contributed by atoms with Crippen molar-refractivity contribution < 1.29 is 28.7 Å². The van der Waals surface area contributed by atoms with E-state index in [0.29, 0.717) is 13.0 Å². The van der Waals surface area contributed by atoms with E-state index in [1.165, 1.54) is 29.0 Å². The van der Waals surface area contributed by atoms with Crippen molar-refractivity contribution in [2.45, 2.75) is 57.2 Å². The van der Waals surface area contributed by atoms with Crippen LogP contribution in [0.3, 0.4) is 0 Å². The second-order valence-electron chi connectivity index (χ2n) is 9.06. The largest absolute Gasteiger partial charge is 0.463 e. The van der Waals surface area contributed by atoms with Crippen molar-refractivity contribution >= 4 is 29.4 Å². The van der Waals surface area contributed by atoms with Gasteiger partial charge >= 0.3 is 5.97 Å². The van der Waals surface area contributed by atoms with Crippen molar-refractivity contribution in [3.8, 4) is 0 Å². The fraction of sp³-hybridized carbons (Fsp3) is 0.393. The first-order valence-electron chi connectivity index (χ1n) is 12.9. The molecule has 11 nitrogen and oxygen atoms in total. The van der Waals surface area contributed by atoms with Gasteiger partial charge in [0.05, 0.1) is 6.61 Å². The van der Waals surface area contributed by atoms with Gasteiger partial charge in [0.2, 0.25) is 11.8 Å². The summed E-state index contributed by atoms with van der Waals surface area (Å²) < 4.78 is 11.6. The Hall–Kier alpha value is -4.25. The number of amides is 3. The monoisotopic (exact) mass is 538 g/mol. The molecule has 11 heteroatoms. The molecule has 3 rings (SSSR count). The van der Waals surface area contributed by atoms with E-state index in [0.717, 1.165) is 12.0 Å². The Morgan fingerprint density at radius 1 is 1.18 bits per heavy atom. The van der Waals surface area contributed by atoms with Crippen LogP contribution in [0.5, 0.6) is 0 Å². The van der Waals surface area contributed by atoms with Gasteiger partial charge in [-0.15, -0.1) is 0 Å². The molecule has 0 saturated carbocycles. The van der Waals surface area contributed by atoms with Crippen LogP contribution >= 0.6 is 0 Å². The van der Waals surface area contributed by atoms with Crippen LogP contribution in [0.15, 0.2) is 65.6 Å². The number of hydrogen-bond acceptors (Lipinski definition) is 7. The van der Waals surface area contributed by atoms with E-state index in [2.05, 4.69) is 10.6 Å². The number of anilines is 1. The van der Waals surface area contributed by atoms with Gasteiger partial charge in [-0.2, -0.15) is 0 Å². The number of carbonyl (C=O) groups excluding carboxylic acids is 4. The Bertz CT molecular complexity index is 1240. The highest BCUT2D eigenvalue weighted by Gasteiger charge is 2.27. The highest BCUT2D eigenvalue weighted by atomic mass is 16.5. The van der Waals surface area contributed by atoms with Crippen LogP contribution in [0.2, 0.25) is 0 Å². The minimum atomic E-state index is -1.01. The summed E-state index contributed by atoms with van der Waals surface area (Å²) in [5.41, 5.74) is 5.56. The molecule has 1 aliphatic rings. The fourth-order valence-electron chi connectivity index (χ4n) is 4.18. The van der Waals surface area contributed by atoms with Crippen molar-refractivity contribution in [2.75, 3.05) is 18.5 Å². The molecule has 208 valence electrons. The van der Waals surface area contributed by atoms with Crippen LogP contribution in [0.1, 0.15) is 44.2 Å². The third-order valence-corrected chi connectivity index (χ3v) is 6.15. The van der Waals surface area contributed by atoms with E-state index in [1.807, 2.05) is 30.3 Å². The number of benzene rings is 1. The van der Waals surface area contributed by atoms with Crippen LogP contribution < -0.4 is 21.9 Å². The fourth-order valence-corrected chi connectivity index (χ4v) is 4.18. The number of carbonyl (C=O) groups is 4. The molecule has 0 radical (unpaired) electrons. The summed E-state index contributed by atoms with van der Waals surface area (Å²) in [6, 6.07) is 10.5. The zero-order valence-electron chi connectivity index (χ0n) is 21.8. The van der Waals surface area contributed by atoms with Gasteiger partial charge in [0.25, 0.3) is 11.5 Å². The maximum absolute atomic E-state index is 13.6. The number of ether oxygens (including phenoxy) is 2. The first-order valence-corrected chi connectivity index (χ1v) is 12.9. The van der Waals surface area contributed by atoms with E-state index in [9.17, 15) is 24.0 Å². The quantitative estimate of drug-likeness (QED) is 0.258. The van der Waals surface area contributed by atoms with Gasteiger partial charge < -0.3 is 30.4 Å². The van der Waals surface area contributed by atoms with Crippen molar-refractivity contribution in [3.63, 3.8) is 0 Å². The number of nitrogens with zero attached hydrogens (tertiary/aromatic N) is 1. The Kier molecular flexibility index (Phi) is 11.0. The predicted molar refractivity (Wildman–Crippen MR) is 144 cm³/mol. The molecule has 0 unspecified atom stereocenters. The van der Waals surface area contributed by atoms with E-state index in [1.54, 1.807) is 13.0 Å². The molecule has 0 spiro atoms. The summed E-state index contributed by atoms with van der Waals surface area (Å²) in [7, 11) is 0. The topological polar surface area (TPSA) is 159 Å². The number of aromatic nitrogens is 1. The summed E-state index contributed by atoms with van der Waals surface area (Å²) in [6.45, 7) is 2.34. The number of nitrogens with one attached hydrogen (secondary N) is 2. The van der Waals surface area contributed by atoms with Gasteiger partial charge in [0, 0.05) is 37.8 Å². The molecule has 1 fully saturated rings. The molecular weight excluding hydrogens is 504 g/mol. The average molecular weight is 539 g/mol. The second-order valence-corrected chi connectivity index (χ2v) is 9.06. The highest BCUT2D eigenvalue weighted by molar-refractivity contribution is 5.94. The van der Waals surface area contributed by atoms with Crippen molar-refractivity contribution in [3.05, 3.63) is 76.7 Å². The Balaban J connectivity index is 1.89. The molecule has 4 N–H and O–H groups in total. The molecule has 2 aromatic rings. The normalized spacial score (nSPS) is 16.4. The predicted octanol–water partition coefficient (Wildman–Crippen LogP) is 1.62. The SMILES string of the molecule is CCOC(=O)/C=C/[C@H](CCC(N)=O)NC(=O)[C@H](Cc1ccccc1)n1cccc(NC(=O)[C@@H]2CCCO2)c1=O. The third kappa shape index (κ3) is 8.92. The minimum Gasteiger partial charge on any atom is -0.463 e. The van der Waals surface area contributed by atoms with E-state index in [-0.39, 0.29) is 31.6 Å². The zero-order valence-corrected chi connectivity index (χ0v) is 21.8. The lowest BCUT2D eigenvalue weighted by molar-refractivity contribution is -0.137. The molecule has 2 heterocycles. The summed E-state index contributed by atoms with van der Waals surface area (Å²) in [4.78, 5) is 62.9. The number of nitrogens with two attached hydrogens (primary N) is 1. The Labute approximate surface area is 226 Å². The maximum atomic E-state index is 13.6. The first kappa shape index (κ1) is 29.3. The molecule has 0 bridgehead atoms. The number of rotatable bonds is 13. The molecule has 1 aromatic heterocycles. The summed E-state index contributed by atoms with van der Waals surface area (Å²) in [5.74, 6) is -2.10. The number of primary amides is 1. The van der Waals surface area contributed by atoms with Crippen LogP contribution in [0.25, 0.3) is 0 Å². The first-order chi connectivity index (χ1) is 18.8. The van der Waals surface area contributed by atoms with Crippen LogP contribution in [-0.4, -0.2) is 53.6 Å². The van der Waals surface area contributed by atoms with Gasteiger partial charge in [-0.25, -0.2) is 4.79 Å². The summed E-state index contributed by atoms with van der Waals surface area (Å²) >= 11 is 0. The highest BCUT2D eigenvalue weighted by Crippen LogP contribution is 2.17. The lowest BCUT2D eigenvalue weighted by Crippen LogP contribution is -2.43. The zero-order chi connectivity index (χ0) is 28.2. The van der Waals surface area contributed by atoms with E-state index < -0.39 is 47.4 Å². The van der Waals surface area contributed by atoms with Crippen molar-refractivity contribution in [2.24, 2.45) is 5.73 Å². The number of esters is 1.